The maximum absolute atomic E-state index is 11.9. The van der Waals surface area contributed by atoms with Crippen molar-refractivity contribution in [3.05, 3.63) is 35.9 Å². The van der Waals surface area contributed by atoms with Crippen LogP contribution in [0.3, 0.4) is 0 Å². The lowest BCUT2D eigenvalue weighted by Crippen LogP contribution is -2.49. The van der Waals surface area contributed by atoms with Gasteiger partial charge in [0.15, 0.2) is 0 Å². The molecule has 110 valence electrons. The first-order valence-electron chi connectivity index (χ1n) is 5.70. The Balaban J connectivity index is 2.51. The van der Waals surface area contributed by atoms with Gasteiger partial charge in [-0.15, -0.1) is 0 Å². The molecule has 0 spiro atoms. The van der Waals surface area contributed by atoms with Crippen molar-refractivity contribution in [3.8, 4) is 0 Å². The van der Waals surface area contributed by atoms with Crippen LogP contribution in [-0.4, -0.2) is 36.4 Å². The average Bonchev–Trinajstić information content (AvgIpc) is 2.41. The quantitative estimate of drug-likeness (QED) is 0.703. The molecule has 6 nitrogen and oxygen atoms in total. The van der Waals surface area contributed by atoms with Crippen molar-refractivity contribution in [2.75, 3.05) is 6.61 Å². The molecule has 1 rings (SSSR count). The number of carbonyl (C=O) groups is 2. The number of carbonyl (C=O) groups excluding carboxylic acids is 1. The molecule has 0 fully saturated rings. The van der Waals surface area contributed by atoms with Crippen molar-refractivity contribution in [2.24, 2.45) is 0 Å². The van der Waals surface area contributed by atoms with Crippen LogP contribution in [0, 0.1) is 0 Å². The molecule has 0 aliphatic carbocycles. The van der Waals surface area contributed by atoms with Crippen LogP contribution in [0.5, 0.6) is 0 Å². The first-order chi connectivity index (χ1) is 9.49. The smallest absolute Gasteiger partial charge is 0.405 e. The van der Waals surface area contributed by atoms with Crippen molar-refractivity contribution < 1.29 is 28.2 Å². The first-order valence-corrected chi connectivity index (χ1v) is 5.70. The number of amides is 2. The van der Waals surface area contributed by atoms with Crippen LogP contribution in [0.4, 0.5) is 13.6 Å². The number of hydrogen-bond donors (Lipinski definition) is 3. The topological polar surface area (TPSA) is 87.7 Å². The molecule has 1 aromatic carbocycles. The standard InChI is InChI=1S/C12H14F2N2O4/c13-11(14)20-7-9(16-12(18)19)10(17)15-6-8-4-2-1-3-5-8/h1-5,9,11,16H,6-7H2,(H,15,17)(H,18,19)/t9-/m1/s1. The number of carboxylic acid groups (broad SMARTS) is 1. The van der Waals surface area contributed by atoms with Crippen LogP contribution < -0.4 is 10.6 Å². The molecular formula is C12H14F2N2O4. The van der Waals surface area contributed by atoms with Crippen molar-refractivity contribution in [2.45, 2.75) is 19.2 Å². The summed E-state index contributed by atoms with van der Waals surface area (Å²) < 4.78 is 27.8. The van der Waals surface area contributed by atoms with Crippen molar-refractivity contribution >= 4 is 12.0 Å². The Morgan fingerprint density at radius 3 is 2.45 bits per heavy atom. The third kappa shape index (κ3) is 6.10. The maximum atomic E-state index is 11.9. The van der Waals surface area contributed by atoms with Gasteiger partial charge in [-0.05, 0) is 5.56 Å². The fourth-order valence-corrected chi connectivity index (χ4v) is 1.41. The fourth-order valence-electron chi connectivity index (χ4n) is 1.41. The number of hydrogen-bond acceptors (Lipinski definition) is 3. The lowest BCUT2D eigenvalue weighted by atomic mass is 10.2. The Bertz CT molecular complexity index is 442. The fraction of sp³-hybridized carbons (Fsp3) is 0.333. The summed E-state index contributed by atoms with van der Waals surface area (Å²) in [4.78, 5) is 22.2. The van der Waals surface area contributed by atoms with Gasteiger partial charge in [-0.1, -0.05) is 30.3 Å². The van der Waals surface area contributed by atoms with E-state index in [0.717, 1.165) is 5.56 Å². The highest BCUT2D eigenvalue weighted by atomic mass is 19.3. The number of halogens is 2. The predicted octanol–water partition coefficient (Wildman–Crippen LogP) is 1.18. The molecule has 0 bridgehead atoms. The number of alkyl halides is 2. The Morgan fingerprint density at radius 2 is 1.90 bits per heavy atom. The number of ether oxygens (including phenoxy) is 1. The summed E-state index contributed by atoms with van der Waals surface area (Å²) in [7, 11) is 0. The van der Waals surface area contributed by atoms with Crippen LogP contribution in [0.2, 0.25) is 0 Å². The van der Waals surface area contributed by atoms with Gasteiger partial charge in [0.2, 0.25) is 5.91 Å². The summed E-state index contributed by atoms with van der Waals surface area (Å²) in [5.74, 6) is -0.739. The zero-order chi connectivity index (χ0) is 15.0. The summed E-state index contributed by atoms with van der Waals surface area (Å²) in [5.41, 5.74) is 0.796. The van der Waals surface area contributed by atoms with E-state index in [4.69, 9.17) is 5.11 Å². The second kappa shape index (κ2) is 8.05. The van der Waals surface area contributed by atoms with E-state index in [0.29, 0.717) is 0 Å². The second-order valence-corrected chi connectivity index (χ2v) is 3.80. The van der Waals surface area contributed by atoms with Gasteiger partial charge < -0.3 is 20.5 Å². The van der Waals surface area contributed by atoms with E-state index in [9.17, 15) is 18.4 Å². The van der Waals surface area contributed by atoms with Gasteiger partial charge in [0.25, 0.3) is 0 Å². The van der Waals surface area contributed by atoms with Crippen LogP contribution in [0.15, 0.2) is 30.3 Å². The second-order valence-electron chi connectivity index (χ2n) is 3.80. The van der Waals surface area contributed by atoms with Crippen molar-refractivity contribution in [3.63, 3.8) is 0 Å². The minimum atomic E-state index is -3.07. The largest absolute Gasteiger partial charge is 0.465 e. The van der Waals surface area contributed by atoms with Gasteiger partial charge in [0.05, 0.1) is 6.61 Å². The zero-order valence-corrected chi connectivity index (χ0v) is 10.4. The third-order valence-electron chi connectivity index (χ3n) is 2.31. The molecule has 3 N–H and O–H groups in total. The number of rotatable bonds is 7. The van der Waals surface area contributed by atoms with Crippen LogP contribution in [-0.2, 0) is 16.1 Å². The van der Waals surface area contributed by atoms with Gasteiger partial charge in [-0.25, -0.2) is 4.79 Å². The molecule has 0 heterocycles. The lowest BCUT2D eigenvalue weighted by Gasteiger charge is -2.16. The molecule has 1 atom stereocenters. The predicted molar refractivity (Wildman–Crippen MR) is 65.2 cm³/mol. The van der Waals surface area contributed by atoms with E-state index < -0.39 is 31.3 Å². The van der Waals surface area contributed by atoms with Gasteiger partial charge in [0, 0.05) is 6.54 Å². The summed E-state index contributed by atoms with van der Waals surface area (Å²) >= 11 is 0. The van der Waals surface area contributed by atoms with Gasteiger partial charge in [0.1, 0.15) is 6.04 Å². The summed E-state index contributed by atoms with van der Waals surface area (Å²) in [6.07, 6.45) is -1.50. The molecule has 20 heavy (non-hydrogen) atoms. The monoisotopic (exact) mass is 288 g/mol. The van der Waals surface area contributed by atoms with Gasteiger partial charge in [-0.3, -0.25) is 4.79 Å². The summed E-state index contributed by atoms with van der Waals surface area (Å²) in [6, 6.07) is 7.47. The van der Waals surface area contributed by atoms with Gasteiger partial charge >= 0.3 is 12.7 Å². The minimum absolute atomic E-state index is 0.159. The van der Waals surface area contributed by atoms with Gasteiger partial charge in [-0.2, -0.15) is 8.78 Å². The Kier molecular flexibility index (Phi) is 6.38. The molecule has 0 unspecified atom stereocenters. The van der Waals surface area contributed by atoms with Crippen molar-refractivity contribution in [1.29, 1.82) is 0 Å². The highest BCUT2D eigenvalue weighted by Crippen LogP contribution is 2.00. The van der Waals surface area contributed by atoms with E-state index in [1.807, 2.05) is 5.32 Å². The molecule has 0 aromatic heterocycles. The van der Waals surface area contributed by atoms with Crippen molar-refractivity contribution in [1.82, 2.24) is 10.6 Å². The highest BCUT2D eigenvalue weighted by molar-refractivity contribution is 5.85. The SMILES string of the molecule is O=C(O)N[C@H](COC(F)F)C(=O)NCc1ccccc1. The van der Waals surface area contributed by atoms with Crippen LogP contribution in [0.25, 0.3) is 0 Å². The van der Waals surface area contributed by atoms with Crippen LogP contribution in [0.1, 0.15) is 5.56 Å². The Hall–Kier alpha value is -2.22. The maximum Gasteiger partial charge on any atom is 0.405 e. The molecular weight excluding hydrogens is 274 g/mol. The highest BCUT2D eigenvalue weighted by Gasteiger charge is 2.22. The summed E-state index contributed by atoms with van der Waals surface area (Å²) in [6.45, 7) is -3.66. The Morgan fingerprint density at radius 1 is 1.25 bits per heavy atom. The van der Waals surface area contributed by atoms with Crippen LogP contribution >= 0.6 is 0 Å². The van der Waals surface area contributed by atoms with E-state index in [-0.39, 0.29) is 6.54 Å². The van der Waals surface area contributed by atoms with E-state index in [1.54, 1.807) is 30.3 Å². The molecule has 0 saturated carbocycles. The molecule has 0 radical (unpaired) electrons. The van der Waals surface area contributed by atoms with E-state index in [1.165, 1.54) is 0 Å². The molecule has 2 amide bonds. The third-order valence-corrected chi connectivity index (χ3v) is 2.31. The van der Waals surface area contributed by atoms with E-state index >= 15 is 0 Å². The molecule has 1 aromatic rings. The average molecular weight is 288 g/mol. The molecule has 8 heteroatoms. The number of nitrogens with one attached hydrogen (secondary N) is 2. The van der Waals surface area contributed by atoms with E-state index in [2.05, 4.69) is 10.1 Å². The first kappa shape index (κ1) is 15.8. The molecule has 0 saturated heterocycles. The zero-order valence-electron chi connectivity index (χ0n) is 10.4. The number of benzene rings is 1. The Labute approximate surface area is 113 Å². The minimum Gasteiger partial charge on any atom is -0.465 e. The molecule has 0 aliphatic rings. The lowest BCUT2D eigenvalue weighted by molar-refractivity contribution is -0.143. The normalized spacial score (nSPS) is 11.9. The molecule has 0 aliphatic heterocycles. The summed E-state index contributed by atoms with van der Waals surface area (Å²) in [5, 5.41) is 12.8.